The zero-order chi connectivity index (χ0) is 32.3. The quantitative estimate of drug-likeness (QED) is 0.211. The van der Waals surface area contributed by atoms with E-state index in [2.05, 4.69) is 0 Å². The van der Waals surface area contributed by atoms with Crippen molar-refractivity contribution in [2.45, 2.75) is 25.0 Å². The Kier molecular flexibility index (Phi) is 6.79. The summed E-state index contributed by atoms with van der Waals surface area (Å²) in [7, 11) is 0. The second kappa shape index (κ2) is 11.0. The molecule has 0 fully saturated rings. The Hall–Kier alpha value is -5.57. The van der Waals surface area contributed by atoms with E-state index in [1.165, 1.54) is 30.3 Å². The van der Waals surface area contributed by atoms with Crippen LogP contribution in [0, 0.1) is 17.5 Å². The molecule has 0 radical (unpaired) electrons. The summed E-state index contributed by atoms with van der Waals surface area (Å²) in [6.45, 7) is 0.351. The van der Waals surface area contributed by atoms with Gasteiger partial charge in [-0.2, -0.15) is 0 Å². The molecule has 47 heavy (non-hydrogen) atoms. The number of carbonyl (C=O) groups excluding carboxylic acids is 1. The Balaban J connectivity index is 1.31. The van der Waals surface area contributed by atoms with Gasteiger partial charge in [0.2, 0.25) is 5.43 Å². The Bertz CT molecular complexity index is 2150. The number of benzene rings is 4. The van der Waals surface area contributed by atoms with E-state index in [1.54, 1.807) is 27.9 Å². The lowest BCUT2D eigenvalue weighted by atomic mass is 9.83. The third-order valence-corrected chi connectivity index (χ3v) is 9.35. The number of fused-ring (bicyclic) bond motifs is 6. The number of hydrogen-bond acceptors (Lipinski definition) is 4. The molecule has 0 saturated carbocycles. The monoisotopic (exact) mass is 631 g/mol. The van der Waals surface area contributed by atoms with Gasteiger partial charge in [0.15, 0.2) is 23.1 Å². The number of pyridine rings is 1. The summed E-state index contributed by atoms with van der Waals surface area (Å²) in [5.41, 5.74) is 3.99. The summed E-state index contributed by atoms with van der Waals surface area (Å²) < 4.78 is 51.2. The topological polar surface area (TPSA) is 54.8 Å². The van der Waals surface area contributed by atoms with Gasteiger partial charge in [-0.25, -0.2) is 13.2 Å². The highest BCUT2D eigenvalue weighted by Crippen LogP contribution is 2.55. The molecule has 2 aliphatic carbocycles. The number of amides is 1. The van der Waals surface area contributed by atoms with Crippen LogP contribution in [0.1, 0.15) is 43.9 Å². The molecule has 8 rings (SSSR count). The van der Waals surface area contributed by atoms with Crippen molar-refractivity contribution in [3.8, 4) is 5.75 Å². The van der Waals surface area contributed by atoms with Crippen LogP contribution >= 0.6 is 0 Å². The standard InChI is InChI=1S/C38H28F3N3O3/c39-29-12-10-24(11-13-29)14-16-42-23-44(43-17-15-34(45)36(35(43)37(42)46)47-22-25-6-2-1-3-7-25)38-28(18-26-8-4-5-9-30(26)38)19-27-20-32(40)33(41)21-31(27)38/h1-13,15,17-18,20-21H,14,16,19,22-23H2. The van der Waals surface area contributed by atoms with E-state index in [0.717, 1.165) is 27.8 Å². The first-order valence-electron chi connectivity index (χ1n) is 15.4. The fourth-order valence-electron chi connectivity index (χ4n) is 7.21. The van der Waals surface area contributed by atoms with Crippen molar-refractivity contribution in [2.75, 3.05) is 18.2 Å². The van der Waals surface area contributed by atoms with Crippen molar-refractivity contribution < 1.29 is 22.7 Å². The van der Waals surface area contributed by atoms with Crippen LogP contribution in [0.5, 0.6) is 5.75 Å². The van der Waals surface area contributed by atoms with Gasteiger partial charge in [0.05, 0.1) is 0 Å². The normalized spacial score (nSPS) is 17.6. The third-order valence-electron chi connectivity index (χ3n) is 9.35. The molecule has 5 aromatic rings. The maximum Gasteiger partial charge on any atom is 0.277 e. The second-order valence-corrected chi connectivity index (χ2v) is 12.0. The summed E-state index contributed by atoms with van der Waals surface area (Å²) in [6, 6.07) is 27.0. The van der Waals surface area contributed by atoms with Gasteiger partial charge in [-0.3, -0.25) is 19.3 Å². The van der Waals surface area contributed by atoms with Gasteiger partial charge in [0.1, 0.15) is 24.6 Å². The van der Waals surface area contributed by atoms with Gasteiger partial charge in [-0.05, 0) is 76.1 Å². The predicted molar refractivity (Wildman–Crippen MR) is 171 cm³/mol. The Morgan fingerprint density at radius 1 is 0.787 bits per heavy atom. The predicted octanol–water partition coefficient (Wildman–Crippen LogP) is 6.34. The molecule has 1 unspecified atom stereocenters. The number of ether oxygens (including phenoxy) is 1. The molecule has 234 valence electrons. The van der Waals surface area contributed by atoms with E-state index in [-0.39, 0.29) is 37.1 Å². The highest BCUT2D eigenvalue weighted by atomic mass is 19.2. The highest BCUT2D eigenvalue weighted by molar-refractivity contribution is 5.96. The summed E-state index contributed by atoms with van der Waals surface area (Å²) in [4.78, 5) is 29.5. The molecule has 2 heterocycles. The molecule has 1 aromatic heterocycles. The van der Waals surface area contributed by atoms with Crippen molar-refractivity contribution in [3.05, 3.63) is 176 Å². The first-order chi connectivity index (χ1) is 22.8. The molecule has 1 aliphatic heterocycles. The summed E-state index contributed by atoms with van der Waals surface area (Å²) in [5, 5.41) is 1.95. The molecular formula is C38H28F3N3O3. The van der Waals surface area contributed by atoms with Crippen molar-refractivity contribution >= 4 is 12.0 Å². The summed E-state index contributed by atoms with van der Waals surface area (Å²) >= 11 is 0. The van der Waals surface area contributed by atoms with Crippen LogP contribution < -0.4 is 15.2 Å². The van der Waals surface area contributed by atoms with E-state index in [4.69, 9.17) is 4.74 Å². The molecule has 1 atom stereocenters. The number of rotatable bonds is 7. The van der Waals surface area contributed by atoms with Crippen LogP contribution in [0.3, 0.4) is 0 Å². The first-order valence-corrected chi connectivity index (χ1v) is 15.4. The Morgan fingerprint density at radius 3 is 2.34 bits per heavy atom. The Labute approximate surface area is 268 Å². The second-order valence-electron chi connectivity index (χ2n) is 12.0. The maximum atomic E-state index is 15.1. The van der Waals surface area contributed by atoms with E-state index >= 15 is 4.39 Å². The molecule has 4 aromatic carbocycles. The molecular weight excluding hydrogens is 603 g/mol. The zero-order valence-corrected chi connectivity index (χ0v) is 25.1. The van der Waals surface area contributed by atoms with Crippen molar-refractivity contribution in [3.63, 3.8) is 0 Å². The number of nitrogens with zero attached hydrogens (tertiary/aromatic N) is 3. The van der Waals surface area contributed by atoms with Gasteiger partial charge in [0, 0.05) is 18.8 Å². The number of hydrogen-bond donors (Lipinski definition) is 0. The molecule has 9 heteroatoms. The molecule has 0 spiro atoms. The summed E-state index contributed by atoms with van der Waals surface area (Å²) in [5.74, 6) is -2.77. The van der Waals surface area contributed by atoms with Gasteiger partial charge >= 0.3 is 0 Å². The van der Waals surface area contributed by atoms with Crippen molar-refractivity contribution in [1.82, 2.24) is 9.58 Å². The van der Waals surface area contributed by atoms with E-state index < -0.39 is 28.5 Å². The average molecular weight is 632 g/mol. The van der Waals surface area contributed by atoms with E-state index in [0.29, 0.717) is 24.0 Å². The first kappa shape index (κ1) is 28.9. The minimum Gasteiger partial charge on any atom is -0.482 e. The van der Waals surface area contributed by atoms with Crippen LogP contribution in [0.25, 0.3) is 6.08 Å². The zero-order valence-electron chi connectivity index (χ0n) is 25.1. The lowest BCUT2D eigenvalue weighted by Gasteiger charge is -2.49. The minimum absolute atomic E-state index is 0.0351. The van der Waals surface area contributed by atoms with Crippen LogP contribution in [0.4, 0.5) is 13.2 Å². The van der Waals surface area contributed by atoms with Crippen LogP contribution in [0.2, 0.25) is 0 Å². The number of aromatic nitrogens is 1. The lowest BCUT2D eigenvalue weighted by Crippen LogP contribution is -2.62. The van der Waals surface area contributed by atoms with Crippen LogP contribution in [0.15, 0.2) is 114 Å². The van der Waals surface area contributed by atoms with Crippen molar-refractivity contribution in [2.24, 2.45) is 0 Å². The van der Waals surface area contributed by atoms with Crippen LogP contribution in [-0.2, 0) is 25.0 Å². The van der Waals surface area contributed by atoms with E-state index in [1.807, 2.05) is 65.7 Å². The maximum absolute atomic E-state index is 15.1. The number of carbonyl (C=O) groups is 1. The number of halogens is 3. The van der Waals surface area contributed by atoms with Gasteiger partial charge < -0.3 is 9.64 Å². The van der Waals surface area contributed by atoms with Gasteiger partial charge in [-0.1, -0.05) is 72.8 Å². The van der Waals surface area contributed by atoms with Crippen LogP contribution in [-0.4, -0.2) is 28.7 Å². The molecule has 0 N–H and O–H groups in total. The van der Waals surface area contributed by atoms with Crippen molar-refractivity contribution in [1.29, 1.82) is 0 Å². The molecule has 1 amide bonds. The minimum atomic E-state index is -1.12. The van der Waals surface area contributed by atoms with E-state index in [9.17, 15) is 18.4 Å². The molecule has 3 aliphatic rings. The highest BCUT2D eigenvalue weighted by Gasteiger charge is 2.55. The fourth-order valence-corrected chi connectivity index (χ4v) is 7.21. The largest absolute Gasteiger partial charge is 0.482 e. The fraction of sp³-hybridized carbons (Fsp3) is 0.158. The van der Waals surface area contributed by atoms with Gasteiger partial charge in [-0.15, -0.1) is 0 Å². The SMILES string of the molecule is O=C1c2c(OCc3ccccc3)c(=O)ccn2N(C23C(=Cc4ccccc42)Cc2cc(F)c(F)cc23)CN1CCc1ccc(F)cc1. The molecule has 0 saturated heterocycles. The summed E-state index contributed by atoms with van der Waals surface area (Å²) in [6.07, 6.45) is 4.38. The third kappa shape index (κ3) is 4.56. The molecule has 6 nitrogen and oxygen atoms in total. The van der Waals surface area contributed by atoms with Gasteiger partial charge in [0.25, 0.3) is 5.91 Å². The molecule has 0 bridgehead atoms. The lowest BCUT2D eigenvalue weighted by molar-refractivity contribution is 0.0666. The smallest absolute Gasteiger partial charge is 0.277 e. The Morgan fingerprint density at radius 2 is 1.53 bits per heavy atom. The average Bonchev–Trinajstić information content (AvgIpc) is 3.56.